The largest absolute Gasteiger partial charge is 0.508 e. The number of rotatable bonds is 5. The van der Waals surface area contributed by atoms with Crippen LogP contribution in [0.3, 0.4) is 0 Å². The number of hydrogen-bond acceptors (Lipinski definition) is 5. The van der Waals surface area contributed by atoms with E-state index in [0.717, 1.165) is 5.69 Å². The summed E-state index contributed by atoms with van der Waals surface area (Å²) in [6, 6.07) is 16.4. The van der Waals surface area contributed by atoms with E-state index in [1.54, 1.807) is 40.9 Å². The van der Waals surface area contributed by atoms with Crippen molar-refractivity contribution in [3.05, 3.63) is 77.7 Å². The quantitative estimate of drug-likeness (QED) is 0.493. The third-order valence-corrected chi connectivity index (χ3v) is 4.41. The molecule has 28 heavy (non-hydrogen) atoms. The molecule has 0 aliphatic carbocycles. The molecule has 142 valence electrons. The van der Waals surface area contributed by atoms with Crippen LogP contribution in [0.25, 0.3) is 16.9 Å². The predicted molar refractivity (Wildman–Crippen MR) is 105 cm³/mol. The van der Waals surface area contributed by atoms with Crippen LogP contribution in [0.1, 0.15) is 17.4 Å². The Labute approximate surface area is 160 Å². The van der Waals surface area contributed by atoms with E-state index in [4.69, 9.17) is 0 Å². The van der Waals surface area contributed by atoms with Crippen molar-refractivity contribution in [1.82, 2.24) is 14.6 Å². The highest BCUT2D eigenvalue weighted by Crippen LogP contribution is 2.23. The standard InChI is InChI=1S/C21H19FN4O2/c1-13-8-20(23-12-19(28)15-5-3-7-17(27)10-15)26-21(24-13)11-18(25-26)14-4-2-6-16(22)9-14/h2-11,19,23,27-28H,12H2,1H3/t19-/m0/s1. The first-order chi connectivity index (χ1) is 13.5. The van der Waals surface area contributed by atoms with Gasteiger partial charge in [0.15, 0.2) is 5.65 Å². The maximum atomic E-state index is 13.5. The van der Waals surface area contributed by atoms with Gasteiger partial charge < -0.3 is 15.5 Å². The van der Waals surface area contributed by atoms with Gasteiger partial charge in [-0.15, -0.1) is 0 Å². The van der Waals surface area contributed by atoms with E-state index in [2.05, 4.69) is 15.4 Å². The minimum absolute atomic E-state index is 0.102. The molecular weight excluding hydrogens is 359 g/mol. The molecule has 0 amide bonds. The number of phenolic OH excluding ortho intramolecular Hbond substituents is 1. The number of aliphatic hydroxyl groups excluding tert-OH is 1. The van der Waals surface area contributed by atoms with Gasteiger partial charge in [0.2, 0.25) is 0 Å². The van der Waals surface area contributed by atoms with Crippen LogP contribution in [-0.2, 0) is 0 Å². The fourth-order valence-corrected chi connectivity index (χ4v) is 3.07. The van der Waals surface area contributed by atoms with Gasteiger partial charge in [0.05, 0.1) is 11.8 Å². The second-order valence-electron chi connectivity index (χ2n) is 6.58. The van der Waals surface area contributed by atoms with Crippen molar-refractivity contribution in [3.63, 3.8) is 0 Å². The SMILES string of the molecule is Cc1cc(NC[C@H](O)c2cccc(O)c2)n2nc(-c3cccc(F)c3)cc2n1. The number of aliphatic hydroxyl groups is 1. The topological polar surface area (TPSA) is 82.7 Å². The maximum absolute atomic E-state index is 13.5. The first kappa shape index (κ1) is 17.9. The van der Waals surface area contributed by atoms with E-state index in [1.807, 2.05) is 13.0 Å². The van der Waals surface area contributed by atoms with Crippen LogP contribution < -0.4 is 5.32 Å². The fraction of sp³-hybridized carbons (Fsp3) is 0.143. The number of benzene rings is 2. The highest BCUT2D eigenvalue weighted by Gasteiger charge is 2.13. The zero-order valence-corrected chi connectivity index (χ0v) is 15.2. The van der Waals surface area contributed by atoms with Crippen LogP contribution in [0.5, 0.6) is 5.75 Å². The van der Waals surface area contributed by atoms with Crippen LogP contribution >= 0.6 is 0 Å². The molecule has 6 nitrogen and oxygen atoms in total. The molecule has 0 radical (unpaired) electrons. The normalized spacial score (nSPS) is 12.2. The lowest BCUT2D eigenvalue weighted by atomic mass is 10.1. The minimum atomic E-state index is -0.811. The molecule has 0 unspecified atom stereocenters. The third kappa shape index (κ3) is 3.65. The van der Waals surface area contributed by atoms with Crippen molar-refractivity contribution in [2.45, 2.75) is 13.0 Å². The summed E-state index contributed by atoms with van der Waals surface area (Å²) < 4.78 is 15.2. The second kappa shape index (κ2) is 7.28. The van der Waals surface area contributed by atoms with Crippen LogP contribution in [0.15, 0.2) is 60.7 Å². The first-order valence-corrected chi connectivity index (χ1v) is 8.84. The predicted octanol–water partition coefficient (Wildman–Crippen LogP) is 3.69. The number of nitrogens with zero attached hydrogens (tertiary/aromatic N) is 3. The number of aromatic hydroxyl groups is 1. The number of nitrogens with one attached hydrogen (secondary N) is 1. The van der Waals surface area contributed by atoms with Gasteiger partial charge in [-0.05, 0) is 36.8 Å². The Hall–Kier alpha value is -3.45. The Morgan fingerprint density at radius 3 is 2.71 bits per heavy atom. The highest BCUT2D eigenvalue weighted by molar-refractivity contribution is 5.65. The molecule has 0 aliphatic heterocycles. The van der Waals surface area contributed by atoms with Crippen LogP contribution in [0.2, 0.25) is 0 Å². The molecule has 4 rings (SSSR count). The van der Waals surface area contributed by atoms with Crippen LogP contribution in [-0.4, -0.2) is 31.4 Å². The van der Waals surface area contributed by atoms with Gasteiger partial charge in [-0.25, -0.2) is 9.37 Å². The number of halogens is 1. The van der Waals surface area contributed by atoms with E-state index in [0.29, 0.717) is 28.3 Å². The maximum Gasteiger partial charge on any atom is 0.158 e. The van der Waals surface area contributed by atoms with Crippen LogP contribution in [0.4, 0.5) is 10.2 Å². The van der Waals surface area contributed by atoms with Crippen molar-refractivity contribution in [2.24, 2.45) is 0 Å². The summed E-state index contributed by atoms with van der Waals surface area (Å²) in [7, 11) is 0. The molecule has 0 aliphatic rings. The monoisotopic (exact) mass is 378 g/mol. The Morgan fingerprint density at radius 1 is 1.11 bits per heavy atom. The van der Waals surface area contributed by atoms with Gasteiger partial charge in [-0.2, -0.15) is 9.61 Å². The molecule has 4 aromatic rings. The van der Waals surface area contributed by atoms with Gasteiger partial charge in [0.25, 0.3) is 0 Å². The molecular formula is C21H19FN4O2. The van der Waals surface area contributed by atoms with Gasteiger partial charge in [-0.1, -0.05) is 24.3 Å². The number of phenols is 1. The number of fused-ring (bicyclic) bond motifs is 1. The summed E-state index contributed by atoms with van der Waals surface area (Å²) in [6.45, 7) is 2.09. The number of hydrogen-bond donors (Lipinski definition) is 3. The molecule has 0 bridgehead atoms. The number of anilines is 1. The second-order valence-corrected chi connectivity index (χ2v) is 6.58. The lowest BCUT2D eigenvalue weighted by Gasteiger charge is -2.14. The Bertz CT molecular complexity index is 1140. The number of aryl methyl sites for hydroxylation is 1. The highest BCUT2D eigenvalue weighted by atomic mass is 19.1. The molecule has 3 N–H and O–H groups in total. The van der Waals surface area contributed by atoms with E-state index in [1.165, 1.54) is 18.2 Å². The van der Waals surface area contributed by atoms with Crippen molar-refractivity contribution in [1.29, 1.82) is 0 Å². The van der Waals surface area contributed by atoms with Crippen molar-refractivity contribution < 1.29 is 14.6 Å². The lowest BCUT2D eigenvalue weighted by Crippen LogP contribution is -2.15. The molecule has 1 atom stereocenters. The number of aromatic nitrogens is 3. The van der Waals surface area contributed by atoms with Crippen LogP contribution in [0, 0.1) is 12.7 Å². The summed E-state index contributed by atoms with van der Waals surface area (Å²) >= 11 is 0. The van der Waals surface area contributed by atoms with E-state index in [-0.39, 0.29) is 18.1 Å². The summed E-state index contributed by atoms with van der Waals surface area (Å²) in [6.07, 6.45) is -0.811. The average Bonchev–Trinajstić information content (AvgIpc) is 3.10. The molecule has 0 saturated heterocycles. The molecule has 7 heteroatoms. The summed E-state index contributed by atoms with van der Waals surface area (Å²) in [5.41, 5.74) is 3.28. The smallest absolute Gasteiger partial charge is 0.158 e. The summed E-state index contributed by atoms with van der Waals surface area (Å²) in [5.74, 6) is 0.432. The van der Waals surface area contributed by atoms with Crippen molar-refractivity contribution in [3.8, 4) is 17.0 Å². The summed E-state index contributed by atoms with van der Waals surface area (Å²) in [4.78, 5) is 4.47. The third-order valence-electron chi connectivity index (χ3n) is 4.41. The lowest BCUT2D eigenvalue weighted by molar-refractivity contribution is 0.191. The molecule has 2 aromatic heterocycles. The zero-order valence-electron chi connectivity index (χ0n) is 15.2. The zero-order chi connectivity index (χ0) is 19.7. The van der Waals surface area contributed by atoms with Crippen molar-refractivity contribution >= 4 is 11.5 Å². The van der Waals surface area contributed by atoms with Gasteiger partial charge in [0, 0.05) is 29.9 Å². The average molecular weight is 378 g/mol. The van der Waals surface area contributed by atoms with E-state index in [9.17, 15) is 14.6 Å². The van der Waals surface area contributed by atoms with Gasteiger partial charge >= 0.3 is 0 Å². The minimum Gasteiger partial charge on any atom is -0.508 e. The van der Waals surface area contributed by atoms with Crippen molar-refractivity contribution in [2.75, 3.05) is 11.9 Å². The fourth-order valence-electron chi connectivity index (χ4n) is 3.07. The van der Waals surface area contributed by atoms with Gasteiger partial charge in [0.1, 0.15) is 17.4 Å². The molecule has 2 heterocycles. The van der Waals surface area contributed by atoms with Gasteiger partial charge in [-0.3, -0.25) is 0 Å². The Balaban J connectivity index is 1.63. The Kier molecular flexibility index (Phi) is 4.67. The summed E-state index contributed by atoms with van der Waals surface area (Å²) in [5, 5.41) is 27.7. The first-order valence-electron chi connectivity index (χ1n) is 8.84. The molecule has 0 fully saturated rings. The van der Waals surface area contributed by atoms with E-state index < -0.39 is 6.10 Å². The Morgan fingerprint density at radius 2 is 1.93 bits per heavy atom. The van der Waals surface area contributed by atoms with E-state index >= 15 is 0 Å². The molecule has 0 saturated carbocycles. The molecule has 0 spiro atoms. The molecule has 2 aromatic carbocycles.